The number of anilines is 2. The molecule has 20 heavy (non-hydrogen) atoms. The van der Waals surface area contributed by atoms with Crippen LogP contribution in [0, 0.1) is 0 Å². The lowest BCUT2D eigenvalue weighted by Crippen LogP contribution is -2.31. The monoisotopic (exact) mass is 294 g/mol. The summed E-state index contributed by atoms with van der Waals surface area (Å²) in [5.74, 6) is 1.79. The molecule has 9 heteroatoms. The molecule has 0 aliphatic carbocycles. The first kappa shape index (κ1) is 13.0. The Kier molecular flexibility index (Phi) is 3.91. The Morgan fingerprint density at radius 2 is 2.05 bits per heavy atom. The normalized spacial score (nSPS) is 15.3. The van der Waals surface area contributed by atoms with Gasteiger partial charge in [-0.05, 0) is 30.9 Å². The summed E-state index contributed by atoms with van der Waals surface area (Å²) >= 11 is 5.97. The fourth-order valence-electron chi connectivity index (χ4n) is 2.13. The average molecular weight is 295 g/mol. The molecule has 3 rings (SSSR count). The van der Waals surface area contributed by atoms with Crippen molar-refractivity contribution in [2.75, 3.05) is 23.3 Å². The van der Waals surface area contributed by atoms with Gasteiger partial charge >= 0.3 is 0 Å². The zero-order chi connectivity index (χ0) is 13.8. The van der Waals surface area contributed by atoms with E-state index >= 15 is 0 Å². The van der Waals surface area contributed by atoms with Crippen LogP contribution in [0.25, 0.3) is 0 Å². The molecular weight excluding hydrogens is 280 g/mol. The molecule has 0 radical (unpaired) electrons. The Morgan fingerprint density at radius 1 is 1.20 bits per heavy atom. The highest BCUT2D eigenvalue weighted by molar-refractivity contribution is 6.28. The molecule has 2 aromatic heterocycles. The predicted octanol–water partition coefficient (Wildman–Crippen LogP) is 1.25. The van der Waals surface area contributed by atoms with Crippen molar-refractivity contribution in [1.82, 2.24) is 30.1 Å². The second kappa shape index (κ2) is 6.00. The minimum atomic E-state index is 0.195. The van der Waals surface area contributed by atoms with Crippen molar-refractivity contribution >= 4 is 23.5 Å². The van der Waals surface area contributed by atoms with Crippen molar-refractivity contribution in [3.8, 4) is 0 Å². The molecule has 2 N–H and O–H groups in total. The van der Waals surface area contributed by atoms with Crippen LogP contribution in [0.3, 0.4) is 0 Å². The van der Waals surface area contributed by atoms with E-state index < -0.39 is 0 Å². The number of nitrogens with zero attached hydrogens (tertiary/aromatic N) is 6. The molecule has 0 spiro atoms. The van der Waals surface area contributed by atoms with Crippen LogP contribution in [0.5, 0.6) is 0 Å². The van der Waals surface area contributed by atoms with Crippen LogP contribution in [-0.4, -0.2) is 43.2 Å². The van der Waals surface area contributed by atoms with Gasteiger partial charge in [0.15, 0.2) is 0 Å². The van der Waals surface area contributed by atoms with Gasteiger partial charge in [-0.1, -0.05) is 0 Å². The molecule has 0 bridgehead atoms. The Hall–Kier alpha value is -1.96. The summed E-state index contributed by atoms with van der Waals surface area (Å²) in [6, 6.07) is 0. The molecule has 0 saturated carbocycles. The van der Waals surface area contributed by atoms with Crippen LogP contribution in [0.15, 0.2) is 6.33 Å². The predicted molar refractivity (Wildman–Crippen MR) is 74.6 cm³/mol. The van der Waals surface area contributed by atoms with Crippen LogP contribution in [0.1, 0.15) is 25.1 Å². The van der Waals surface area contributed by atoms with E-state index in [1.807, 2.05) is 0 Å². The van der Waals surface area contributed by atoms with Crippen molar-refractivity contribution in [3.63, 3.8) is 0 Å². The van der Waals surface area contributed by atoms with E-state index in [0.29, 0.717) is 24.3 Å². The van der Waals surface area contributed by atoms with Gasteiger partial charge in [-0.15, -0.1) is 0 Å². The average Bonchev–Trinajstić information content (AvgIpc) is 2.99. The van der Waals surface area contributed by atoms with Crippen molar-refractivity contribution in [2.45, 2.75) is 25.8 Å². The van der Waals surface area contributed by atoms with Gasteiger partial charge in [0, 0.05) is 13.1 Å². The maximum atomic E-state index is 5.97. The van der Waals surface area contributed by atoms with Crippen LogP contribution in [-0.2, 0) is 6.54 Å². The number of aromatic amines is 1. The highest BCUT2D eigenvalue weighted by Crippen LogP contribution is 2.18. The number of hydrogen-bond donors (Lipinski definition) is 2. The highest BCUT2D eigenvalue weighted by atomic mass is 35.5. The topological polar surface area (TPSA) is 95.5 Å². The molecule has 0 atom stereocenters. The van der Waals surface area contributed by atoms with Gasteiger partial charge in [0.2, 0.25) is 17.2 Å². The van der Waals surface area contributed by atoms with E-state index in [2.05, 4.69) is 40.3 Å². The third-order valence-corrected chi connectivity index (χ3v) is 3.28. The second-order valence-corrected chi connectivity index (χ2v) is 4.90. The molecule has 1 fully saturated rings. The number of H-pyrrole nitrogens is 1. The van der Waals surface area contributed by atoms with Crippen molar-refractivity contribution in [3.05, 3.63) is 17.4 Å². The standard InChI is InChI=1S/C11H15ClN8/c12-9-16-10(13-6-8-14-7-15-19-8)18-11(17-9)20-4-2-1-3-5-20/h7H,1-6H2,(H,14,15,19)(H,13,16,17,18). The minimum absolute atomic E-state index is 0.195. The Bertz CT molecular complexity index is 552. The molecule has 3 heterocycles. The molecule has 8 nitrogen and oxygen atoms in total. The van der Waals surface area contributed by atoms with Crippen molar-refractivity contribution in [1.29, 1.82) is 0 Å². The molecule has 1 aliphatic heterocycles. The lowest BCUT2D eigenvalue weighted by atomic mass is 10.1. The van der Waals surface area contributed by atoms with Crippen LogP contribution in [0.4, 0.5) is 11.9 Å². The quantitative estimate of drug-likeness (QED) is 0.876. The van der Waals surface area contributed by atoms with E-state index in [9.17, 15) is 0 Å². The van der Waals surface area contributed by atoms with Gasteiger partial charge in [0.05, 0.1) is 6.54 Å². The fourth-order valence-corrected chi connectivity index (χ4v) is 2.29. The number of rotatable bonds is 4. The second-order valence-electron chi connectivity index (χ2n) is 4.56. The van der Waals surface area contributed by atoms with Crippen molar-refractivity contribution < 1.29 is 0 Å². The van der Waals surface area contributed by atoms with Crippen LogP contribution >= 0.6 is 11.6 Å². The first-order chi connectivity index (χ1) is 9.81. The molecule has 0 amide bonds. The zero-order valence-electron chi connectivity index (χ0n) is 10.9. The maximum absolute atomic E-state index is 5.97. The Balaban J connectivity index is 1.72. The summed E-state index contributed by atoms with van der Waals surface area (Å²) in [5, 5.41) is 9.80. The zero-order valence-corrected chi connectivity index (χ0v) is 11.6. The number of aromatic nitrogens is 6. The van der Waals surface area contributed by atoms with Gasteiger partial charge < -0.3 is 10.2 Å². The summed E-state index contributed by atoms with van der Waals surface area (Å²) in [7, 11) is 0. The summed E-state index contributed by atoms with van der Waals surface area (Å²) in [4.78, 5) is 18.8. The number of piperidine rings is 1. The molecule has 0 unspecified atom stereocenters. The smallest absolute Gasteiger partial charge is 0.231 e. The van der Waals surface area contributed by atoms with E-state index in [1.165, 1.54) is 12.7 Å². The van der Waals surface area contributed by atoms with Crippen LogP contribution in [0.2, 0.25) is 5.28 Å². The SMILES string of the molecule is Clc1nc(NCc2ncn[nH]2)nc(N2CCCCC2)n1. The molecular formula is C11H15ClN8. The fraction of sp³-hybridized carbons (Fsp3) is 0.545. The minimum Gasteiger partial charge on any atom is -0.347 e. The van der Waals surface area contributed by atoms with Gasteiger partial charge in [-0.25, -0.2) is 4.98 Å². The number of hydrogen-bond acceptors (Lipinski definition) is 7. The van der Waals surface area contributed by atoms with Gasteiger partial charge in [-0.2, -0.15) is 20.1 Å². The summed E-state index contributed by atoms with van der Waals surface area (Å²) < 4.78 is 0. The summed E-state index contributed by atoms with van der Waals surface area (Å²) in [6.07, 6.45) is 5.02. The lowest BCUT2D eigenvalue weighted by Gasteiger charge is -2.26. The van der Waals surface area contributed by atoms with Gasteiger partial charge in [-0.3, -0.25) is 5.10 Å². The first-order valence-electron chi connectivity index (χ1n) is 6.56. The first-order valence-corrected chi connectivity index (χ1v) is 6.94. The Labute approximate surface area is 121 Å². The third-order valence-electron chi connectivity index (χ3n) is 3.11. The van der Waals surface area contributed by atoms with E-state index in [0.717, 1.165) is 25.9 Å². The van der Waals surface area contributed by atoms with E-state index in [-0.39, 0.29) is 5.28 Å². The molecule has 1 aliphatic rings. The number of halogens is 1. The lowest BCUT2D eigenvalue weighted by molar-refractivity contribution is 0.567. The third kappa shape index (κ3) is 3.13. The molecule has 2 aromatic rings. The molecule has 0 aromatic carbocycles. The largest absolute Gasteiger partial charge is 0.347 e. The van der Waals surface area contributed by atoms with Crippen molar-refractivity contribution in [2.24, 2.45) is 0 Å². The van der Waals surface area contributed by atoms with Gasteiger partial charge in [0.1, 0.15) is 12.2 Å². The van der Waals surface area contributed by atoms with Crippen LogP contribution < -0.4 is 10.2 Å². The Morgan fingerprint density at radius 3 is 2.80 bits per heavy atom. The van der Waals surface area contributed by atoms with Gasteiger partial charge in [0.25, 0.3) is 0 Å². The molecule has 1 saturated heterocycles. The summed E-state index contributed by atoms with van der Waals surface area (Å²) in [6.45, 7) is 2.38. The molecule has 106 valence electrons. The van der Waals surface area contributed by atoms with E-state index in [1.54, 1.807) is 0 Å². The maximum Gasteiger partial charge on any atom is 0.231 e. The highest BCUT2D eigenvalue weighted by Gasteiger charge is 2.15. The number of nitrogens with one attached hydrogen (secondary N) is 2. The summed E-state index contributed by atoms with van der Waals surface area (Å²) in [5.41, 5.74) is 0. The van der Waals surface area contributed by atoms with E-state index in [4.69, 9.17) is 11.6 Å².